The van der Waals surface area contributed by atoms with Gasteiger partial charge in [0.1, 0.15) is 0 Å². The Labute approximate surface area is 118 Å². The molecule has 0 aliphatic carbocycles. The molecule has 0 radical (unpaired) electrons. The lowest BCUT2D eigenvalue weighted by molar-refractivity contribution is 0.231. The Kier molecular flexibility index (Phi) is 4.08. The third-order valence-electron chi connectivity index (χ3n) is 2.71. The zero-order valence-electron chi connectivity index (χ0n) is 12.0. The van der Waals surface area contributed by atoms with Gasteiger partial charge >= 0.3 is 6.03 Å². The molecule has 106 valence electrons. The van der Waals surface area contributed by atoms with Gasteiger partial charge in [0.05, 0.1) is 5.69 Å². The van der Waals surface area contributed by atoms with Gasteiger partial charge in [0.2, 0.25) is 0 Å². The lowest BCUT2D eigenvalue weighted by Gasteiger charge is -2.20. The number of rotatable bonds is 3. The highest BCUT2D eigenvalue weighted by atomic mass is 16.2. The number of urea groups is 1. The number of carbonyl (C=O) groups excluding carboxylic acids is 1. The van der Waals surface area contributed by atoms with Gasteiger partial charge in [-0.2, -0.15) is 5.10 Å². The van der Waals surface area contributed by atoms with E-state index in [1.807, 2.05) is 51.1 Å². The molecule has 0 aliphatic rings. The maximum atomic E-state index is 11.7. The van der Waals surface area contributed by atoms with Gasteiger partial charge in [0.15, 0.2) is 0 Å². The standard InChI is InChI=1S/C15H20N4O/c1-15(2,3)18-14(20)16-10-11-4-6-12(7-5-11)13-8-9-17-19-13/h4-9H,10H2,1-3H3,(H,17,19)(H2,16,18,20). The molecule has 2 rings (SSSR count). The maximum absolute atomic E-state index is 11.7. The van der Waals surface area contributed by atoms with Crippen molar-refractivity contribution in [2.24, 2.45) is 0 Å². The molecule has 0 unspecified atom stereocenters. The lowest BCUT2D eigenvalue weighted by atomic mass is 10.1. The molecule has 1 aromatic carbocycles. The highest BCUT2D eigenvalue weighted by Crippen LogP contribution is 2.16. The lowest BCUT2D eigenvalue weighted by Crippen LogP contribution is -2.46. The summed E-state index contributed by atoms with van der Waals surface area (Å²) < 4.78 is 0. The average molecular weight is 272 g/mol. The van der Waals surface area contributed by atoms with Crippen LogP contribution in [0.4, 0.5) is 4.79 Å². The van der Waals surface area contributed by atoms with E-state index in [0.29, 0.717) is 6.54 Å². The zero-order valence-corrected chi connectivity index (χ0v) is 12.0. The van der Waals surface area contributed by atoms with Crippen molar-refractivity contribution < 1.29 is 4.79 Å². The number of aromatic amines is 1. The van der Waals surface area contributed by atoms with Crippen molar-refractivity contribution in [1.29, 1.82) is 0 Å². The Hall–Kier alpha value is -2.30. The summed E-state index contributed by atoms with van der Waals surface area (Å²) in [5, 5.41) is 12.5. The van der Waals surface area contributed by atoms with Gasteiger partial charge in [-0.05, 0) is 38.0 Å². The third kappa shape index (κ3) is 4.12. The van der Waals surface area contributed by atoms with Crippen LogP contribution in [0.5, 0.6) is 0 Å². The van der Waals surface area contributed by atoms with Crippen molar-refractivity contribution in [2.75, 3.05) is 0 Å². The summed E-state index contributed by atoms with van der Waals surface area (Å²) >= 11 is 0. The molecule has 5 nitrogen and oxygen atoms in total. The number of nitrogens with one attached hydrogen (secondary N) is 3. The minimum atomic E-state index is -0.228. The van der Waals surface area contributed by atoms with E-state index in [1.165, 1.54) is 0 Å². The van der Waals surface area contributed by atoms with Crippen molar-refractivity contribution in [1.82, 2.24) is 20.8 Å². The van der Waals surface area contributed by atoms with E-state index in [4.69, 9.17) is 0 Å². The number of hydrogen-bond donors (Lipinski definition) is 3. The van der Waals surface area contributed by atoms with E-state index in [-0.39, 0.29) is 11.6 Å². The minimum Gasteiger partial charge on any atom is -0.334 e. The molecular formula is C15H20N4O. The van der Waals surface area contributed by atoms with E-state index in [2.05, 4.69) is 20.8 Å². The molecule has 0 aliphatic heterocycles. The summed E-state index contributed by atoms with van der Waals surface area (Å²) in [7, 11) is 0. The predicted molar refractivity (Wildman–Crippen MR) is 79.1 cm³/mol. The third-order valence-corrected chi connectivity index (χ3v) is 2.71. The fraction of sp³-hybridized carbons (Fsp3) is 0.333. The van der Waals surface area contributed by atoms with E-state index in [9.17, 15) is 4.79 Å². The summed E-state index contributed by atoms with van der Waals surface area (Å²) in [6, 6.07) is 9.76. The van der Waals surface area contributed by atoms with Gasteiger partial charge in [0.25, 0.3) is 0 Å². The van der Waals surface area contributed by atoms with Crippen LogP contribution in [0.2, 0.25) is 0 Å². The van der Waals surface area contributed by atoms with E-state index >= 15 is 0 Å². The number of nitrogens with zero attached hydrogens (tertiary/aromatic N) is 1. The molecule has 0 fully saturated rings. The van der Waals surface area contributed by atoms with Crippen LogP contribution < -0.4 is 10.6 Å². The number of carbonyl (C=O) groups is 1. The van der Waals surface area contributed by atoms with Crippen molar-refractivity contribution in [3.05, 3.63) is 42.1 Å². The van der Waals surface area contributed by atoms with Crippen LogP contribution in [-0.4, -0.2) is 21.8 Å². The van der Waals surface area contributed by atoms with Crippen LogP contribution in [0, 0.1) is 0 Å². The Bertz CT molecular complexity index is 553. The molecule has 1 heterocycles. The summed E-state index contributed by atoms with van der Waals surface area (Å²) in [5.41, 5.74) is 2.88. The Balaban J connectivity index is 1.90. The Morgan fingerprint density at radius 1 is 1.20 bits per heavy atom. The fourth-order valence-corrected chi connectivity index (χ4v) is 1.79. The fourth-order valence-electron chi connectivity index (χ4n) is 1.79. The van der Waals surface area contributed by atoms with Gasteiger partial charge < -0.3 is 10.6 Å². The second-order valence-electron chi connectivity index (χ2n) is 5.72. The molecule has 0 saturated heterocycles. The second kappa shape index (κ2) is 5.77. The minimum absolute atomic E-state index is 0.157. The van der Waals surface area contributed by atoms with Gasteiger partial charge in [-0.15, -0.1) is 0 Å². The SMILES string of the molecule is CC(C)(C)NC(=O)NCc1ccc(-c2ccn[nH]2)cc1. The Morgan fingerprint density at radius 3 is 2.45 bits per heavy atom. The van der Waals surface area contributed by atoms with Gasteiger partial charge in [-0.1, -0.05) is 24.3 Å². The molecule has 0 bridgehead atoms. The van der Waals surface area contributed by atoms with Crippen LogP contribution in [0.15, 0.2) is 36.5 Å². The van der Waals surface area contributed by atoms with Crippen LogP contribution in [0.3, 0.4) is 0 Å². The highest BCUT2D eigenvalue weighted by Gasteiger charge is 2.12. The number of amides is 2. The number of aromatic nitrogens is 2. The number of benzene rings is 1. The normalized spacial score (nSPS) is 11.2. The van der Waals surface area contributed by atoms with Crippen molar-refractivity contribution in [2.45, 2.75) is 32.9 Å². The van der Waals surface area contributed by atoms with Crippen molar-refractivity contribution >= 4 is 6.03 Å². The largest absolute Gasteiger partial charge is 0.334 e. The van der Waals surface area contributed by atoms with Gasteiger partial charge in [0, 0.05) is 18.3 Å². The molecular weight excluding hydrogens is 252 g/mol. The van der Waals surface area contributed by atoms with E-state index in [0.717, 1.165) is 16.8 Å². The van der Waals surface area contributed by atoms with Crippen LogP contribution in [-0.2, 0) is 6.54 Å². The maximum Gasteiger partial charge on any atom is 0.315 e. The molecule has 5 heteroatoms. The van der Waals surface area contributed by atoms with Crippen molar-refractivity contribution in [3.63, 3.8) is 0 Å². The smallest absolute Gasteiger partial charge is 0.315 e. The zero-order chi connectivity index (χ0) is 14.6. The summed E-state index contributed by atoms with van der Waals surface area (Å²) in [4.78, 5) is 11.7. The van der Waals surface area contributed by atoms with E-state index < -0.39 is 0 Å². The van der Waals surface area contributed by atoms with E-state index in [1.54, 1.807) is 6.20 Å². The first-order chi connectivity index (χ1) is 9.44. The van der Waals surface area contributed by atoms with Crippen LogP contribution in [0.1, 0.15) is 26.3 Å². The number of hydrogen-bond acceptors (Lipinski definition) is 2. The van der Waals surface area contributed by atoms with Gasteiger partial charge in [-0.25, -0.2) is 4.79 Å². The highest BCUT2D eigenvalue weighted by molar-refractivity contribution is 5.74. The first-order valence-electron chi connectivity index (χ1n) is 6.59. The molecule has 0 spiro atoms. The molecule has 0 atom stereocenters. The summed E-state index contributed by atoms with van der Waals surface area (Å²) in [5.74, 6) is 0. The summed E-state index contributed by atoms with van der Waals surface area (Å²) in [6.07, 6.45) is 1.72. The first-order valence-corrected chi connectivity index (χ1v) is 6.59. The second-order valence-corrected chi connectivity index (χ2v) is 5.72. The monoisotopic (exact) mass is 272 g/mol. The average Bonchev–Trinajstić information content (AvgIpc) is 2.89. The molecule has 2 amide bonds. The molecule has 1 aromatic heterocycles. The quantitative estimate of drug-likeness (QED) is 0.804. The Morgan fingerprint density at radius 2 is 1.90 bits per heavy atom. The molecule has 3 N–H and O–H groups in total. The molecule has 0 saturated carbocycles. The van der Waals surface area contributed by atoms with Gasteiger partial charge in [-0.3, -0.25) is 5.10 Å². The van der Waals surface area contributed by atoms with Crippen LogP contribution >= 0.6 is 0 Å². The number of H-pyrrole nitrogens is 1. The topological polar surface area (TPSA) is 69.8 Å². The molecule has 2 aromatic rings. The first kappa shape index (κ1) is 14.1. The van der Waals surface area contributed by atoms with Crippen LogP contribution in [0.25, 0.3) is 11.3 Å². The van der Waals surface area contributed by atoms with Crippen molar-refractivity contribution in [3.8, 4) is 11.3 Å². The summed E-state index contributed by atoms with van der Waals surface area (Å²) in [6.45, 7) is 6.36. The molecule has 20 heavy (non-hydrogen) atoms. The predicted octanol–water partition coefficient (Wildman–Crippen LogP) is 2.67.